The Morgan fingerprint density at radius 2 is 0.606 bits per heavy atom. The van der Waals surface area contributed by atoms with Gasteiger partial charge in [-0.05, 0) is 136 Å². The summed E-state index contributed by atoms with van der Waals surface area (Å²) in [6.45, 7) is 0. The first-order chi connectivity index (χ1) is 35.2. The fraction of sp³-hybridized carbons (Fsp3) is 0. The highest BCUT2D eigenvalue weighted by molar-refractivity contribution is 6.29. The predicted molar refractivity (Wildman–Crippen MR) is 301 cm³/mol. The lowest BCUT2D eigenvalue weighted by Crippen LogP contribution is -1.98. The molecule has 0 bridgehead atoms. The Bertz CT molecular complexity index is 4240. The molecule has 2 heterocycles. The molecule has 0 saturated carbocycles. The first-order valence-electron chi connectivity index (χ1n) is 24.4. The molecule has 0 fully saturated rings. The van der Waals surface area contributed by atoms with Gasteiger partial charge < -0.3 is 4.57 Å². The van der Waals surface area contributed by atoms with Crippen LogP contribution in [0.3, 0.4) is 0 Å². The molecular formula is C69H44N2. The zero-order valence-electron chi connectivity index (χ0n) is 38.8. The second-order valence-electron chi connectivity index (χ2n) is 18.7. The molecule has 0 aliphatic carbocycles. The maximum atomic E-state index is 5.46. The van der Waals surface area contributed by atoms with Crippen LogP contribution in [0.15, 0.2) is 267 Å². The molecule has 0 aliphatic rings. The first-order valence-corrected chi connectivity index (χ1v) is 24.4. The number of fused-ring (bicyclic) bond motifs is 10. The first kappa shape index (κ1) is 40.7. The summed E-state index contributed by atoms with van der Waals surface area (Å²) in [5.41, 5.74) is 16.9. The SMILES string of the molecule is c1ccc(-c2ccc(-c3cc(-n4c5ccc(-c6ccccc6)cc5c5cc6c7ccc(-c8ccc9ccccc9c8)cc7c7ccccc7c6cc54)cc(-c4ccc(-c5ccccc5)cc4)n3)cc2)cc1. The van der Waals surface area contributed by atoms with Gasteiger partial charge in [0, 0.05) is 21.9 Å². The van der Waals surface area contributed by atoms with Gasteiger partial charge in [-0.3, -0.25) is 0 Å². The molecule has 0 unspecified atom stereocenters. The summed E-state index contributed by atoms with van der Waals surface area (Å²) >= 11 is 0. The summed E-state index contributed by atoms with van der Waals surface area (Å²) in [7, 11) is 0. The smallest absolute Gasteiger partial charge is 0.0730 e. The van der Waals surface area contributed by atoms with Gasteiger partial charge in [-0.15, -0.1) is 0 Å². The number of nitrogens with zero attached hydrogens (tertiary/aromatic N) is 2. The molecule has 14 aromatic rings. The van der Waals surface area contributed by atoms with E-state index in [2.05, 4.69) is 271 Å². The highest BCUT2D eigenvalue weighted by Gasteiger charge is 2.20. The van der Waals surface area contributed by atoms with E-state index in [4.69, 9.17) is 4.98 Å². The van der Waals surface area contributed by atoms with E-state index in [1.54, 1.807) is 0 Å². The van der Waals surface area contributed by atoms with Crippen LogP contribution >= 0.6 is 0 Å². The van der Waals surface area contributed by atoms with Gasteiger partial charge in [0.1, 0.15) is 0 Å². The molecule has 0 amide bonds. The summed E-state index contributed by atoms with van der Waals surface area (Å²) < 4.78 is 2.48. The third-order valence-corrected chi connectivity index (χ3v) is 14.6. The monoisotopic (exact) mass is 900 g/mol. The number of hydrogen-bond acceptors (Lipinski definition) is 1. The van der Waals surface area contributed by atoms with Crippen molar-refractivity contribution in [1.82, 2.24) is 9.55 Å². The number of hydrogen-bond donors (Lipinski definition) is 0. The molecule has 330 valence electrons. The van der Waals surface area contributed by atoms with Gasteiger partial charge in [-0.2, -0.15) is 0 Å². The largest absolute Gasteiger partial charge is 0.309 e. The van der Waals surface area contributed by atoms with Crippen molar-refractivity contribution in [2.24, 2.45) is 0 Å². The quantitative estimate of drug-likeness (QED) is 0.146. The van der Waals surface area contributed by atoms with Crippen LogP contribution in [0.1, 0.15) is 0 Å². The second-order valence-corrected chi connectivity index (χ2v) is 18.7. The van der Waals surface area contributed by atoms with Crippen LogP contribution in [0.2, 0.25) is 0 Å². The van der Waals surface area contributed by atoms with E-state index >= 15 is 0 Å². The zero-order chi connectivity index (χ0) is 46.8. The van der Waals surface area contributed by atoms with Crippen molar-refractivity contribution in [3.05, 3.63) is 267 Å². The van der Waals surface area contributed by atoms with Crippen LogP contribution in [0.25, 0.3) is 138 Å². The third-order valence-electron chi connectivity index (χ3n) is 14.6. The predicted octanol–water partition coefficient (Wildman–Crippen LogP) is 18.8. The lowest BCUT2D eigenvalue weighted by Gasteiger charge is -2.15. The lowest BCUT2D eigenvalue weighted by atomic mass is 9.91. The van der Waals surface area contributed by atoms with E-state index in [-0.39, 0.29) is 0 Å². The molecule has 14 rings (SSSR count). The molecule has 12 aromatic carbocycles. The average Bonchev–Trinajstić information content (AvgIpc) is 3.77. The highest BCUT2D eigenvalue weighted by Crippen LogP contribution is 2.44. The number of benzene rings is 12. The van der Waals surface area contributed by atoms with Crippen molar-refractivity contribution in [3.8, 4) is 72.7 Å². The second kappa shape index (κ2) is 16.7. The fourth-order valence-electron chi connectivity index (χ4n) is 11.0. The summed E-state index contributed by atoms with van der Waals surface area (Å²) in [5, 5.41) is 12.4. The number of aromatic nitrogens is 2. The van der Waals surface area contributed by atoms with E-state index in [0.29, 0.717) is 0 Å². The summed E-state index contributed by atoms with van der Waals surface area (Å²) in [6, 6.07) is 97.5. The van der Waals surface area contributed by atoms with Gasteiger partial charge in [-0.25, -0.2) is 4.98 Å². The van der Waals surface area contributed by atoms with E-state index in [0.717, 1.165) is 39.2 Å². The molecule has 0 spiro atoms. The van der Waals surface area contributed by atoms with Gasteiger partial charge in [0.2, 0.25) is 0 Å². The minimum Gasteiger partial charge on any atom is -0.309 e. The summed E-state index contributed by atoms with van der Waals surface area (Å²) in [5.74, 6) is 0. The Labute approximate surface area is 412 Å². The number of pyridine rings is 1. The van der Waals surface area contributed by atoms with Crippen LogP contribution in [0, 0.1) is 0 Å². The lowest BCUT2D eigenvalue weighted by molar-refractivity contribution is 1.16. The van der Waals surface area contributed by atoms with Gasteiger partial charge in [0.05, 0.1) is 28.1 Å². The van der Waals surface area contributed by atoms with Crippen LogP contribution in [0.5, 0.6) is 0 Å². The normalized spacial score (nSPS) is 11.7. The molecule has 2 nitrogen and oxygen atoms in total. The van der Waals surface area contributed by atoms with Crippen molar-refractivity contribution in [3.63, 3.8) is 0 Å². The minimum atomic E-state index is 0.916. The van der Waals surface area contributed by atoms with Gasteiger partial charge in [0.25, 0.3) is 0 Å². The Balaban J connectivity index is 1.02. The van der Waals surface area contributed by atoms with E-state index in [1.165, 1.54) is 98.4 Å². The summed E-state index contributed by atoms with van der Waals surface area (Å²) in [4.78, 5) is 5.46. The maximum absolute atomic E-state index is 5.46. The summed E-state index contributed by atoms with van der Waals surface area (Å²) in [6.07, 6.45) is 0. The molecular weight excluding hydrogens is 857 g/mol. The molecule has 0 aliphatic heterocycles. The van der Waals surface area contributed by atoms with Gasteiger partial charge in [-0.1, -0.05) is 218 Å². The molecule has 0 N–H and O–H groups in total. The van der Waals surface area contributed by atoms with Crippen LogP contribution in [-0.2, 0) is 0 Å². The van der Waals surface area contributed by atoms with Crippen LogP contribution in [0.4, 0.5) is 0 Å². The minimum absolute atomic E-state index is 0.916. The van der Waals surface area contributed by atoms with Crippen molar-refractivity contribution in [1.29, 1.82) is 0 Å². The fourth-order valence-corrected chi connectivity index (χ4v) is 11.0. The topological polar surface area (TPSA) is 17.8 Å². The standard InChI is InChI=1S/C69H44N2/c1-4-14-45(15-5-1)49-24-29-51(30-25-49)66-41-57(42-67(70-66)52-31-26-50(27-32-52)46-16-6-2-7-17-46)71-68-37-35-55(47-18-8-3-9-19-47)40-64(68)65-43-62-60-36-34-56(54-33-28-48-20-10-11-21-53(48)38-54)39-61(60)58-22-12-13-23-59(58)63(62)44-69(65)71/h1-44H. The highest BCUT2D eigenvalue weighted by atomic mass is 15.0. The average molecular weight is 901 g/mol. The van der Waals surface area contributed by atoms with Crippen molar-refractivity contribution in [2.45, 2.75) is 0 Å². The zero-order valence-corrected chi connectivity index (χ0v) is 38.8. The Morgan fingerprint density at radius 1 is 0.211 bits per heavy atom. The van der Waals surface area contributed by atoms with Crippen molar-refractivity contribution >= 4 is 64.9 Å². The van der Waals surface area contributed by atoms with Gasteiger partial charge in [0.15, 0.2) is 0 Å². The molecule has 0 radical (unpaired) electrons. The molecule has 0 atom stereocenters. The Morgan fingerprint density at radius 3 is 1.23 bits per heavy atom. The molecule has 2 aromatic heterocycles. The van der Waals surface area contributed by atoms with E-state index in [1.807, 2.05) is 0 Å². The third kappa shape index (κ3) is 7.08. The van der Waals surface area contributed by atoms with Crippen LogP contribution in [-0.4, -0.2) is 9.55 Å². The van der Waals surface area contributed by atoms with Crippen LogP contribution < -0.4 is 0 Å². The van der Waals surface area contributed by atoms with E-state index in [9.17, 15) is 0 Å². The van der Waals surface area contributed by atoms with Gasteiger partial charge >= 0.3 is 0 Å². The Kier molecular flexibility index (Phi) is 9.57. The van der Waals surface area contributed by atoms with E-state index < -0.39 is 0 Å². The maximum Gasteiger partial charge on any atom is 0.0730 e. The van der Waals surface area contributed by atoms with Crippen molar-refractivity contribution < 1.29 is 0 Å². The molecule has 2 heteroatoms. The molecule has 71 heavy (non-hydrogen) atoms. The number of rotatable bonds is 7. The molecule has 0 saturated heterocycles. The Hall–Kier alpha value is -9.37. The van der Waals surface area contributed by atoms with Crippen molar-refractivity contribution in [2.75, 3.05) is 0 Å².